The third-order valence-electron chi connectivity index (χ3n) is 4.17. The molecule has 2 aliphatic heterocycles. The zero-order valence-corrected chi connectivity index (χ0v) is 12.6. The first-order valence-corrected chi connectivity index (χ1v) is 7.54. The number of ether oxygens (including phenoxy) is 3. The zero-order valence-electron chi connectivity index (χ0n) is 12.6. The highest BCUT2D eigenvalue weighted by atomic mass is 16.7. The van der Waals surface area contributed by atoms with Gasteiger partial charge in [-0.3, -0.25) is 0 Å². The van der Waals surface area contributed by atoms with Gasteiger partial charge in [0.1, 0.15) is 6.61 Å². The fourth-order valence-electron chi connectivity index (χ4n) is 2.89. The predicted molar refractivity (Wildman–Crippen MR) is 79.1 cm³/mol. The van der Waals surface area contributed by atoms with Gasteiger partial charge in [-0.2, -0.15) is 0 Å². The van der Waals surface area contributed by atoms with E-state index in [1.54, 1.807) is 6.07 Å². The average Bonchev–Trinajstić information content (AvgIpc) is 3.18. The molecule has 1 fully saturated rings. The Hall–Kier alpha value is -2.09. The number of aromatic nitrogens is 1. The Morgan fingerprint density at radius 1 is 1.26 bits per heavy atom. The topological polar surface area (TPSA) is 86.0 Å². The van der Waals surface area contributed by atoms with E-state index in [0.717, 1.165) is 22.8 Å². The molecule has 0 amide bonds. The molecule has 7 nitrogen and oxygen atoms in total. The van der Waals surface area contributed by atoms with Gasteiger partial charge < -0.3 is 29.2 Å². The van der Waals surface area contributed by atoms with E-state index in [0.29, 0.717) is 31.9 Å². The largest absolute Gasteiger partial charge is 0.454 e. The molecule has 1 aromatic heterocycles. The van der Waals surface area contributed by atoms with Gasteiger partial charge in [-0.25, -0.2) is 0 Å². The van der Waals surface area contributed by atoms with Crippen LogP contribution in [-0.2, 0) is 24.3 Å². The van der Waals surface area contributed by atoms with Crippen LogP contribution < -0.4 is 14.8 Å². The second kappa shape index (κ2) is 5.84. The maximum atomic E-state index is 9.06. The number of rotatable bonds is 6. The van der Waals surface area contributed by atoms with Crippen molar-refractivity contribution >= 4 is 0 Å². The molecule has 0 aliphatic carbocycles. The molecule has 122 valence electrons. The molecule has 7 heteroatoms. The Morgan fingerprint density at radius 3 is 2.91 bits per heavy atom. The first kappa shape index (κ1) is 14.5. The fraction of sp³-hybridized carbons (Fsp3) is 0.438. The smallest absolute Gasteiger partial charge is 0.231 e. The number of benzene rings is 1. The minimum absolute atomic E-state index is 0.141. The SMILES string of the molecule is OCc1cc(CC2(NCc3cccc4c3OCO4)COC2)no1. The summed E-state index contributed by atoms with van der Waals surface area (Å²) < 4.78 is 21.4. The van der Waals surface area contributed by atoms with Crippen molar-refractivity contribution in [2.45, 2.75) is 25.1 Å². The number of aliphatic hydroxyl groups is 1. The molecule has 0 saturated carbocycles. The van der Waals surface area contributed by atoms with Crippen molar-refractivity contribution < 1.29 is 23.8 Å². The van der Waals surface area contributed by atoms with Gasteiger partial charge in [0.25, 0.3) is 0 Å². The van der Waals surface area contributed by atoms with Gasteiger partial charge in [0.2, 0.25) is 6.79 Å². The molecule has 0 atom stereocenters. The predicted octanol–water partition coefficient (Wildman–Crippen LogP) is 0.997. The molecular weight excluding hydrogens is 300 g/mol. The van der Waals surface area contributed by atoms with Crippen LogP contribution in [0.4, 0.5) is 0 Å². The normalized spacial score (nSPS) is 18.0. The minimum atomic E-state index is -0.175. The molecule has 2 aromatic rings. The lowest BCUT2D eigenvalue weighted by Crippen LogP contribution is -2.61. The summed E-state index contributed by atoms with van der Waals surface area (Å²) in [6.45, 7) is 2.00. The van der Waals surface area contributed by atoms with Crippen molar-refractivity contribution in [2.75, 3.05) is 20.0 Å². The molecule has 4 rings (SSSR count). The number of hydrogen-bond acceptors (Lipinski definition) is 7. The molecule has 0 radical (unpaired) electrons. The van der Waals surface area contributed by atoms with Crippen molar-refractivity contribution in [3.63, 3.8) is 0 Å². The van der Waals surface area contributed by atoms with E-state index < -0.39 is 0 Å². The Bertz CT molecular complexity index is 696. The zero-order chi connectivity index (χ0) is 15.7. The highest BCUT2D eigenvalue weighted by Gasteiger charge is 2.39. The van der Waals surface area contributed by atoms with Gasteiger partial charge >= 0.3 is 0 Å². The van der Waals surface area contributed by atoms with Crippen LogP contribution in [0.2, 0.25) is 0 Å². The number of para-hydroxylation sites is 1. The summed E-state index contributed by atoms with van der Waals surface area (Å²) in [7, 11) is 0. The van der Waals surface area contributed by atoms with E-state index in [9.17, 15) is 0 Å². The lowest BCUT2D eigenvalue weighted by atomic mass is 9.90. The summed E-state index contributed by atoms with van der Waals surface area (Å²) in [5, 5.41) is 16.6. The van der Waals surface area contributed by atoms with Crippen molar-refractivity contribution in [3.8, 4) is 11.5 Å². The number of hydrogen-bond donors (Lipinski definition) is 2. The van der Waals surface area contributed by atoms with Gasteiger partial charge in [-0.15, -0.1) is 0 Å². The monoisotopic (exact) mass is 318 g/mol. The molecule has 2 aliphatic rings. The standard InChI is InChI=1S/C16H18N2O5/c19-7-13-4-12(18-23-13)5-16(8-20-9-16)17-6-11-2-1-3-14-15(11)22-10-21-14/h1-4,17,19H,5-10H2. The summed E-state index contributed by atoms with van der Waals surface area (Å²) in [5.74, 6) is 2.06. The Balaban J connectivity index is 1.45. The lowest BCUT2D eigenvalue weighted by molar-refractivity contribution is -0.0756. The van der Waals surface area contributed by atoms with Crippen LogP contribution in [0.3, 0.4) is 0 Å². The quantitative estimate of drug-likeness (QED) is 0.821. The first-order chi connectivity index (χ1) is 11.3. The average molecular weight is 318 g/mol. The molecule has 23 heavy (non-hydrogen) atoms. The molecule has 0 spiro atoms. The molecule has 1 aromatic carbocycles. The number of fused-ring (bicyclic) bond motifs is 1. The second-order valence-corrected chi connectivity index (χ2v) is 5.90. The van der Waals surface area contributed by atoms with Gasteiger partial charge in [0.05, 0.1) is 24.4 Å². The number of nitrogens with zero attached hydrogens (tertiary/aromatic N) is 1. The molecule has 0 bridgehead atoms. The van der Waals surface area contributed by atoms with Crippen LogP contribution >= 0.6 is 0 Å². The van der Waals surface area contributed by atoms with E-state index in [1.807, 2.05) is 18.2 Å². The summed E-state index contributed by atoms with van der Waals surface area (Å²) in [4.78, 5) is 0. The summed E-state index contributed by atoms with van der Waals surface area (Å²) in [6, 6.07) is 7.66. The fourth-order valence-corrected chi connectivity index (χ4v) is 2.89. The summed E-state index contributed by atoms with van der Waals surface area (Å²) in [5.41, 5.74) is 1.69. The highest BCUT2D eigenvalue weighted by Crippen LogP contribution is 2.35. The van der Waals surface area contributed by atoms with E-state index in [-0.39, 0.29) is 18.9 Å². The van der Waals surface area contributed by atoms with Crippen LogP contribution in [0.25, 0.3) is 0 Å². The van der Waals surface area contributed by atoms with Crippen LogP contribution in [0.5, 0.6) is 11.5 Å². The van der Waals surface area contributed by atoms with Crippen LogP contribution in [-0.4, -0.2) is 35.8 Å². The van der Waals surface area contributed by atoms with Gasteiger partial charge in [0.15, 0.2) is 17.3 Å². The van der Waals surface area contributed by atoms with Crippen molar-refractivity contribution in [1.82, 2.24) is 10.5 Å². The maximum absolute atomic E-state index is 9.06. The first-order valence-electron chi connectivity index (χ1n) is 7.54. The van der Waals surface area contributed by atoms with E-state index in [2.05, 4.69) is 10.5 Å². The summed E-state index contributed by atoms with van der Waals surface area (Å²) in [6.07, 6.45) is 0.683. The highest BCUT2D eigenvalue weighted by molar-refractivity contribution is 5.48. The Labute approximate surface area is 133 Å². The molecule has 1 saturated heterocycles. The van der Waals surface area contributed by atoms with Gasteiger partial charge in [0, 0.05) is 24.6 Å². The van der Waals surface area contributed by atoms with Crippen LogP contribution in [0.1, 0.15) is 17.0 Å². The third-order valence-corrected chi connectivity index (χ3v) is 4.17. The molecule has 3 heterocycles. The van der Waals surface area contributed by atoms with Crippen LogP contribution in [0.15, 0.2) is 28.8 Å². The Morgan fingerprint density at radius 2 is 2.17 bits per heavy atom. The number of nitrogens with one attached hydrogen (secondary N) is 1. The maximum Gasteiger partial charge on any atom is 0.231 e. The van der Waals surface area contributed by atoms with E-state index in [1.165, 1.54) is 0 Å². The van der Waals surface area contributed by atoms with Crippen LogP contribution in [0, 0.1) is 0 Å². The van der Waals surface area contributed by atoms with E-state index in [4.69, 9.17) is 23.8 Å². The van der Waals surface area contributed by atoms with Crippen molar-refractivity contribution in [3.05, 3.63) is 41.3 Å². The third kappa shape index (κ3) is 2.78. The number of aliphatic hydroxyl groups excluding tert-OH is 1. The summed E-state index contributed by atoms with van der Waals surface area (Å²) >= 11 is 0. The molecular formula is C16H18N2O5. The van der Waals surface area contributed by atoms with Gasteiger partial charge in [-0.1, -0.05) is 17.3 Å². The molecule has 2 N–H and O–H groups in total. The minimum Gasteiger partial charge on any atom is -0.454 e. The van der Waals surface area contributed by atoms with Crippen molar-refractivity contribution in [2.24, 2.45) is 0 Å². The second-order valence-electron chi connectivity index (χ2n) is 5.90. The van der Waals surface area contributed by atoms with Gasteiger partial charge in [-0.05, 0) is 6.07 Å². The van der Waals surface area contributed by atoms with Crippen molar-refractivity contribution in [1.29, 1.82) is 0 Å². The lowest BCUT2D eigenvalue weighted by Gasteiger charge is -2.42. The Kier molecular flexibility index (Phi) is 3.68. The molecule has 0 unspecified atom stereocenters. The van der Waals surface area contributed by atoms with E-state index >= 15 is 0 Å².